The van der Waals surface area contributed by atoms with E-state index in [1.807, 2.05) is 0 Å². The fourth-order valence-electron chi connectivity index (χ4n) is 1.27. The van der Waals surface area contributed by atoms with Gasteiger partial charge < -0.3 is 9.47 Å². The van der Waals surface area contributed by atoms with Crippen molar-refractivity contribution in [1.82, 2.24) is 0 Å². The fraction of sp³-hybridized carbons (Fsp3) is 1.00. The molecule has 0 saturated heterocycles. The summed E-state index contributed by atoms with van der Waals surface area (Å²) in [7, 11) is 0. The van der Waals surface area contributed by atoms with Crippen molar-refractivity contribution in [3.63, 3.8) is 0 Å². The summed E-state index contributed by atoms with van der Waals surface area (Å²) < 4.78 is 10.8. The maximum Gasteiger partial charge on any atom is 0.0700 e. The third-order valence-electron chi connectivity index (χ3n) is 2.30. The highest BCUT2D eigenvalue weighted by Gasteiger charge is 2.16. The Morgan fingerprint density at radius 2 is 1.83 bits per heavy atom. The van der Waals surface area contributed by atoms with Gasteiger partial charge in [-0.1, -0.05) is 13.3 Å². The summed E-state index contributed by atoms with van der Waals surface area (Å²) in [5.41, 5.74) is 0. The Bertz CT molecular complexity index is 100. The topological polar surface area (TPSA) is 18.5 Å². The predicted molar refractivity (Wildman–Crippen MR) is 49.3 cm³/mol. The van der Waals surface area contributed by atoms with E-state index in [2.05, 4.69) is 6.92 Å². The van der Waals surface area contributed by atoms with Crippen molar-refractivity contribution >= 4 is 0 Å². The van der Waals surface area contributed by atoms with E-state index in [4.69, 9.17) is 9.47 Å². The summed E-state index contributed by atoms with van der Waals surface area (Å²) in [6.45, 7) is 5.48. The molecule has 0 aromatic rings. The lowest BCUT2D eigenvalue weighted by Gasteiger charge is -2.24. The molecule has 1 aliphatic carbocycles. The van der Waals surface area contributed by atoms with Gasteiger partial charge in [0.25, 0.3) is 0 Å². The predicted octanol–water partition coefficient (Wildman–Crippen LogP) is 2.23. The van der Waals surface area contributed by atoms with Crippen LogP contribution in [0.4, 0.5) is 0 Å². The highest BCUT2D eigenvalue weighted by molar-refractivity contribution is 4.68. The van der Waals surface area contributed by atoms with Crippen LogP contribution in [0.25, 0.3) is 0 Å². The maximum absolute atomic E-state index is 5.46. The van der Waals surface area contributed by atoms with Gasteiger partial charge in [0.1, 0.15) is 0 Å². The standard InChI is InChI=1S/C10H20O2/c1-2-6-11-7-8-12-9-10-4-3-5-10/h10H,2-9H2,1H3. The summed E-state index contributed by atoms with van der Waals surface area (Å²) >= 11 is 0. The Morgan fingerprint density at radius 1 is 1.08 bits per heavy atom. The van der Waals surface area contributed by atoms with Crippen molar-refractivity contribution in [2.45, 2.75) is 32.6 Å². The number of ether oxygens (including phenoxy) is 2. The summed E-state index contributed by atoms with van der Waals surface area (Å²) in [6, 6.07) is 0. The number of hydrogen-bond acceptors (Lipinski definition) is 2. The quantitative estimate of drug-likeness (QED) is 0.548. The van der Waals surface area contributed by atoms with Crippen LogP contribution in [0.5, 0.6) is 0 Å². The molecule has 2 heteroatoms. The third kappa shape index (κ3) is 4.07. The van der Waals surface area contributed by atoms with Crippen LogP contribution in [-0.2, 0) is 9.47 Å². The van der Waals surface area contributed by atoms with Gasteiger partial charge in [0.2, 0.25) is 0 Å². The van der Waals surface area contributed by atoms with Gasteiger partial charge in [-0.25, -0.2) is 0 Å². The van der Waals surface area contributed by atoms with Crippen molar-refractivity contribution in [1.29, 1.82) is 0 Å². The normalized spacial score (nSPS) is 17.8. The second kappa shape index (κ2) is 6.44. The minimum atomic E-state index is 0.764. The van der Waals surface area contributed by atoms with Gasteiger partial charge in [-0.15, -0.1) is 0 Å². The zero-order chi connectivity index (χ0) is 8.65. The minimum absolute atomic E-state index is 0.764. The maximum atomic E-state index is 5.46. The van der Waals surface area contributed by atoms with E-state index in [1.54, 1.807) is 0 Å². The summed E-state index contributed by atoms with van der Waals surface area (Å²) in [5, 5.41) is 0. The average molecular weight is 172 g/mol. The number of rotatable bonds is 7. The van der Waals surface area contributed by atoms with Crippen LogP contribution < -0.4 is 0 Å². The highest BCUT2D eigenvalue weighted by Crippen LogP contribution is 2.25. The molecule has 0 heterocycles. The van der Waals surface area contributed by atoms with Gasteiger partial charge >= 0.3 is 0 Å². The molecule has 0 aromatic carbocycles. The van der Waals surface area contributed by atoms with E-state index in [0.717, 1.165) is 38.8 Å². The van der Waals surface area contributed by atoms with Gasteiger partial charge in [-0.2, -0.15) is 0 Å². The first-order valence-corrected chi connectivity index (χ1v) is 5.09. The van der Waals surface area contributed by atoms with Crippen LogP contribution in [-0.4, -0.2) is 26.4 Å². The highest BCUT2D eigenvalue weighted by atomic mass is 16.5. The Balaban J connectivity index is 1.70. The molecular formula is C10H20O2. The average Bonchev–Trinajstić information content (AvgIpc) is 2.00. The molecule has 0 aromatic heterocycles. The second-order valence-corrected chi connectivity index (χ2v) is 3.48. The smallest absolute Gasteiger partial charge is 0.0700 e. The van der Waals surface area contributed by atoms with Crippen LogP contribution in [0.3, 0.4) is 0 Å². The van der Waals surface area contributed by atoms with Crippen LogP contribution in [0.15, 0.2) is 0 Å². The van der Waals surface area contributed by atoms with Gasteiger partial charge in [0, 0.05) is 13.2 Å². The Hall–Kier alpha value is -0.0800. The van der Waals surface area contributed by atoms with Crippen molar-refractivity contribution in [2.75, 3.05) is 26.4 Å². The molecule has 72 valence electrons. The van der Waals surface area contributed by atoms with Gasteiger partial charge in [0.05, 0.1) is 13.2 Å². The molecule has 1 aliphatic rings. The van der Waals surface area contributed by atoms with Gasteiger partial charge in [0.15, 0.2) is 0 Å². The van der Waals surface area contributed by atoms with Crippen molar-refractivity contribution in [3.8, 4) is 0 Å². The van der Waals surface area contributed by atoms with Crippen LogP contribution in [0.1, 0.15) is 32.6 Å². The Kier molecular flexibility index (Phi) is 5.37. The summed E-state index contributed by atoms with van der Waals surface area (Å²) in [6.07, 6.45) is 5.24. The fourth-order valence-corrected chi connectivity index (χ4v) is 1.27. The molecule has 1 saturated carbocycles. The number of hydrogen-bond donors (Lipinski definition) is 0. The van der Waals surface area contributed by atoms with Crippen LogP contribution >= 0.6 is 0 Å². The molecule has 12 heavy (non-hydrogen) atoms. The molecule has 0 spiro atoms. The van der Waals surface area contributed by atoms with Crippen molar-refractivity contribution in [3.05, 3.63) is 0 Å². The van der Waals surface area contributed by atoms with Gasteiger partial charge in [-0.3, -0.25) is 0 Å². The Morgan fingerprint density at radius 3 is 2.42 bits per heavy atom. The molecule has 1 rings (SSSR count). The molecule has 0 bridgehead atoms. The summed E-state index contributed by atoms with van der Waals surface area (Å²) in [5.74, 6) is 0.858. The molecule has 0 amide bonds. The van der Waals surface area contributed by atoms with Crippen molar-refractivity contribution in [2.24, 2.45) is 5.92 Å². The minimum Gasteiger partial charge on any atom is -0.379 e. The zero-order valence-electron chi connectivity index (χ0n) is 8.05. The molecule has 0 atom stereocenters. The van der Waals surface area contributed by atoms with E-state index < -0.39 is 0 Å². The molecule has 0 N–H and O–H groups in total. The van der Waals surface area contributed by atoms with E-state index in [1.165, 1.54) is 19.3 Å². The largest absolute Gasteiger partial charge is 0.379 e. The molecular weight excluding hydrogens is 152 g/mol. The van der Waals surface area contributed by atoms with E-state index in [-0.39, 0.29) is 0 Å². The zero-order valence-corrected chi connectivity index (χ0v) is 8.05. The molecule has 1 fully saturated rings. The van der Waals surface area contributed by atoms with E-state index >= 15 is 0 Å². The first-order chi connectivity index (χ1) is 5.93. The molecule has 2 nitrogen and oxygen atoms in total. The van der Waals surface area contributed by atoms with Crippen LogP contribution in [0.2, 0.25) is 0 Å². The Labute approximate surface area is 75.2 Å². The van der Waals surface area contributed by atoms with Crippen molar-refractivity contribution < 1.29 is 9.47 Å². The van der Waals surface area contributed by atoms with Crippen LogP contribution in [0, 0.1) is 5.92 Å². The monoisotopic (exact) mass is 172 g/mol. The SMILES string of the molecule is CCCOCCOCC1CCC1. The molecule has 0 aliphatic heterocycles. The molecule has 0 radical (unpaired) electrons. The second-order valence-electron chi connectivity index (χ2n) is 3.48. The lowest BCUT2D eigenvalue weighted by atomic mass is 9.86. The summed E-state index contributed by atoms with van der Waals surface area (Å²) in [4.78, 5) is 0. The molecule has 0 unspecified atom stereocenters. The van der Waals surface area contributed by atoms with E-state index in [0.29, 0.717) is 0 Å². The first kappa shape index (κ1) is 10.0. The lowest BCUT2D eigenvalue weighted by molar-refractivity contribution is 0.0207. The van der Waals surface area contributed by atoms with Gasteiger partial charge in [-0.05, 0) is 25.2 Å². The lowest BCUT2D eigenvalue weighted by Crippen LogP contribution is -2.19. The van der Waals surface area contributed by atoms with E-state index in [9.17, 15) is 0 Å². The third-order valence-corrected chi connectivity index (χ3v) is 2.30. The first-order valence-electron chi connectivity index (χ1n) is 5.09.